The lowest BCUT2D eigenvalue weighted by Gasteiger charge is -2.32. The zero-order chi connectivity index (χ0) is 22.8. The van der Waals surface area contributed by atoms with Gasteiger partial charge >= 0.3 is 5.97 Å². The third-order valence-corrected chi connectivity index (χ3v) is 5.65. The van der Waals surface area contributed by atoms with Crippen LogP contribution in [-0.4, -0.2) is 63.5 Å². The molecule has 0 rings (SSSR count). The van der Waals surface area contributed by atoms with Crippen LogP contribution in [0.1, 0.15) is 104 Å². The van der Waals surface area contributed by atoms with Gasteiger partial charge in [-0.3, -0.25) is 4.79 Å². The normalized spacial score (nSPS) is 16.6. The van der Waals surface area contributed by atoms with Crippen molar-refractivity contribution in [2.75, 3.05) is 6.61 Å². The maximum absolute atomic E-state index is 11.2. The number of ether oxygens (including phenoxy) is 1. The summed E-state index contributed by atoms with van der Waals surface area (Å²) in [5, 5.41) is 39.3. The molecule has 0 aliphatic heterocycles. The van der Waals surface area contributed by atoms with Gasteiger partial charge in [0.2, 0.25) is 0 Å². The van der Waals surface area contributed by atoms with Gasteiger partial charge in [0.15, 0.2) is 6.10 Å². The summed E-state index contributed by atoms with van der Waals surface area (Å²) in [7, 11) is 0. The predicted molar refractivity (Wildman–Crippen MR) is 119 cm³/mol. The molecule has 0 aliphatic carbocycles. The number of esters is 1. The second-order valence-corrected chi connectivity index (χ2v) is 8.49. The largest absolute Gasteiger partial charge is 0.457 e. The summed E-state index contributed by atoms with van der Waals surface area (Å²) < 4.78 is 4.87. The number of hydrogen-bond acceptors (Lipinski definition) is 7. The van der Waals surface area contributed by atoms with Gasteiger partial charge < -0.3 is 30.9 Å². The Kier molecular flexibility index (Phi) is 18.5. The zero-order valence-electron chi connectivity index (χ0n) is 19.2. The molecule has 180 valence electrons. The smallest absolute Gasteiger partial charge is 0.303 e. The molecule has 0 aromatic rings. The van der Waals surface area contributed by atoms with Crippen LogP contribution in [0.4, 0.5) is 0 Å². The first-order valence-electron chi connectivity index (χ1n) is 11.9. The fraction of sp³-hybridized carbons (Fsp3) is 0.957. The molecule has 3 unspecified atom stereocenters. The Morgan fingerprint density at radius 2 is 1.23 bits per heavy atom. The molecule has 0 radical (unpaired) electrons. The van der Waals surface area contributed by atoms with E-state index < -0.39 is 43.0 Å². The van der Waals surface area contributed by atoms with Crippen LogP contribution in [0.5, 0.6) is 0 Å². The first-order chi connectivity index (χ1) is 14.3. The van der Waals surface area contributed by atoms with Crippen molar-refractivity contribution in [2.24, 2.45) is 5.73 Å². The molecule has 5 atom stereocenters. The van der Waals surface area contributed by atoms with Crippen LogP contribution in [-0.2, 0) is 9.53 Å². The average molecular weight is 434 g/mol. The van der Waals surface area contributed by atoms with Crippen LogP contribution in [0.3, 0.4) is 0 Å². The molecule has 0 aliphatic rings. The minimum absolute atomic E-state index is 0.429. The van der Waals surface area contributed by atoms with Crippen molar-refractivity contribution in [3.63, 3.8) is 0 Å². The second kappa shape index (κ2) is 19.0. The molecule has 0 aromatic carbocycles. The van der Waals surface area contributed by atoms with E-state index in [1.165, 1.54) is 64.2 Å². The van der Waals surface area contributed by atoms with Gasteiger partial charge in [-0.05, 0) is 6.42 Å². The van der Waals surface area contributed by atoms with E-state index in [2.05, 4.69) is 6.92 Å². The molecule has 30 heavy (non-hydrogen) atoms. The van der Waals surface area contributed by atoms with Gasteiger partial charge in [0, 0.05) is 6.92 Å². The van der Waals surface area contributed by atoms with Crippen LogP contribution < -0.4 is 5.73 Å². The molecule has 7 nitrogen and oxygen atoms in total. The lowest BCUT2D eigenvalue weighted by atomic mass is 9.94. The Labute approximate surface area is 183 Å². The number of unbranched alkanes of at least 4 members (excludes halogenated alkanes) is 12. The molecule has 0 spiro atoms. The maximum atomic E-state index is 11.2. The van der Waals surface area contributed by atoms with Crippen LogP contribution in [0.15, 0.2) is 0 Å². The second-order valence-electron chi connectivity index (χ2n) is 8.49. The highest BCUT2D eigenvalue weighted by Gasteiger charge is 2.36. The minimum Gasteiger partial charge on any atom is -0.457 e. The van der Waals surface area contributed by atoms with E-state index in [0.717, 1.165) is 26.2 Å². The lowest BCUT2D eigenvalue weighted by molar-refractivity contribution is -0.168. The summed E-state index contributed by atoms with van der Waals surface area (Å²) in [6.45, 7) is 2.69. The van der Waals surface area contributed by atoms with E-state index in [1.54, 1.807) is 0 Å². The van der Waals surface area contributed by atoms with Crippen molar-refractivity contribution in [3.8, 4) is 0 Å². The SMILES string of the molecule is CCCCCCCCCCCCCCC[C@@H](O)[C@H](N)C(O)C(OC(C)=O)C(O)CO. The standard InChI is InChI=1S/C23H47NO6/c1-3-4-5-6-7-8-9-10-11-12-13-14-15-16-19(27)21(24)22(29)23(20(28)17-25)30-18(2)26/h19-23,25,27-29H,3-17,24H2,1-2H3/t19-,20?,21+,22?,23?/m1/s1. The van der Waals surface area contributed by atoms with Gasteiger partial charge in [-0.2, -0.15) is 0 Å². The first-order valence-corrected chi connectivity index (χ1v) is 11.9. The topological polar surface area (TPSA) is 133 Å². The minimum atomic E-state index is -1.46. The monoisotopic (exact) mass is 433 g/mol. The van der Waals surface area contributed by atoms with Crippen LogP contribution in [0.25, 0.3) is 0 Å². The third-order valence-electron chi connectivity index (χ3n) is 5.65. The lowest BCUT2D eigenvalue weighted by Crippen LogP contribution is -2.55. The molecule has 0 amide bonds. The molecular weight excluding hydrogens is 386 g/mol. The van der Waals surface area contributed by atoms with E-state index in [1.807, 2.05) is 0 Å². The van der Waals surface area contributed by atoms with Gasteiger partial charge in [0.25, 0.3) is 0 Å². The van der Waals surface area contributed by atoms with Gasteiger partial charge in [-0.1, -0.05) is 90.4 Å². The Hall–Kier alpha value is -0.730. The molecule has 6 N–H and O–H groups in total. The summed E-state index contributed by atoms with van der Waals surface area (Å²) >= 11 is 0. The summed E-state index contributed by atoms with van der Waals surface area (Å²) in [5.74, 6) is -0.704. The van der Waals surface area contributed by atoms with Crippen LogP contribution in [0.2, 0.25) is 0 Å². The van der Waals surface area contributed by atoms with E-state index in [9.17, 15) is 20.1 Å². The van der Waals surface area contributed by atoms with E-state index >= 15 is 0 Å². The number of aliphatic hydroxyl groups is 4. The number of aliphatic hydroxyl groups excluding tert-OH is 4. The van der Waals surface area contributed by atoms with Crippen molar-refractivity contribution < 1.29 is 30.0 Å². The zero-order valence-corrected chi connectivity index (χ0v) is 19.2. The molecule has 0 saturated carbocycles. The van der Waals surface area contributed by atoms with Crippen molar-refractivity contribution in [3.05, 3.63) is 0 Å². The summed E-state index contributed by atoms with van der Waals surface area (Å²) in [6, 6.07) is -1.08. The highest BCUT2D eigenvalue weighted by molar-refractivity contribution is 5.66. The van der Waals surface area contributed by atoms with Crippen molar-refractivity contribution in [1.29, 1.82) is 0 Å². The van der Waals surface area contributed by atoms with E-state index in [-0.39, 0.29) is 0 Å². The van der Waals surface area contributed by atoms with Gasteiger partial charge in [-0.25, -0.2) is 0 Å². The van der Waals surface area contributed by atoms with Crippen molar-refractivity contribution in [1.82, 2.24) is 0 Å². The van der Waals surface area contributed by atoms with E-state index in [4.69, 9.17) is 15.6 Å². The number of rotatable bonds is 20. The molecule has 0 fully saturated rings. The van der Waals surface area contributed by atoms with Crippen LogP contribution in [0, 0.1) is 0 Å². The fourth-order valence-corrected chi connectivity index (χ4v) is 3.68. The van der Waals surface area contributed by atoms with Gasteiger partial charge in [-0.15, -0.1) is 0 Å². The molecular formula is C23H47NO6. The Bertz CT molecular complexity index is 409. The molecule has 0 heterocycles. The molecule has 7 heteroatoms. The predicted octanol–water partition coefficient (Wildman–Crippen LogP) is 2.80. The highest BCUT2D eigenvalue weighted by Crippen LogP contribution is 2.16. The maximum Gasteiger partial charge on any atom is 0.303 e. The average Bonchev–Trinajstić information content (AvgIpc) is 2.73. The first kappa shape index (κ1) is 29.3. The summed E-state index contributed by atoms with van der Waals surface area (Å²) in [5.41, 5.74) is 5.89. The van der Waals surface area contributed by atoms with Gasteiger partial charge in [0.1, 0.15) is 12.2 Å². The van der Waals surface area contributed by atoms with Gasteiger partial charge in [0.05, 0.1) is 18.8 Å². The highest BCUT2D eigenvalue weighted by atomic mass is 16.6. The number of carbonyl (C=O) groups is 1. The Morgan fingerprint density at radius 3 is 1.63 bits per heavy atom. The molecule has 0 saturated heterocycles. The Balaban J connectivity index is 3.86. The molecule has 0 aromatic heterocycles. The fourth-order valence-electron chi connectivity index (χ4n) is 3.68. The van der Waals surface area contributed by atoms with E-state index in [0.29, 0.717) is 6.42 Å². The summed E-state index contributed by atoms with van der Waals surface area (Å²) in [6.07, 6.45) is 11.2. The molecule has 0 bridgehead atoms. The van der Waals surface area contributed by atoms with Crippen molar-refractivity contribution >= 4 is 5.97 Å². The summed E-state index contributed by atoms with van der Waals surface area (Å²) in [4.78, 5) is 11.2. The number of carbonyl (C=O) groups excluding carboxylic acids is 1. The van der Waals surface area contributed by atoms with Crippen LogP contribution >= 0.6 is 0 Å². The quantitative estimate of drug-likeness (QED) is 0.147. The Morgan fingerprint density at radius 1 is 0.800 bits per heavy atom. The third kappa shape index (κ3) is 14.3. The van der Waals surface area contributed by atoms with Crippen molar-refractivity contribution in [2.45, 2.75) is 134 Å². The number of nitrogens with two attached hydrogens (primary N) is 1. The number of hydrogen-bond donors (Lipinski definition) is 5.